The van der Waals surface area contributed by atoms with E-state index in [4.69, 9.17) is 5.11 Å². The van der Waals surface area contributed by atoms with Crippen LogP contribution in [0.25, 0.3) is 0 Å². The number of rotatable bonds is 2. The van der Waals surface area contributed by atoms with Crippen molar-refractivity contribution in [3.05, 3.63) is 33.3 Å². The number of hydrogen-bond donors (Lipinski definition) is 1. The van der Waals surface area contributed by atoms with E-state index in [2.05, 4.69) is 20.7 Å². The molecule has 0 saturated heterocycles. The lowest BCUT2D eigenvalue weighted by atomic mass is 10.1. The fraction of sp³-hybridized carbons (Fsp3) is 0.222. The topological polar surface area (TPSA) is 46.5 Å². The fourth-order valence-electron chi connectivity index (χ4n) is 1.07. The van der Waals surface area contributed by atoms with E-state index < -0.39 is 35.3 Å². The molecule has 6 heteroatoms. The summed E-state index contributed by atoms with van der Waals surface area (Å²) in [5, 5.41) is 8.72. The summed E-state index contributed by atoms with van der Waals surface area (Å²) in [6, 6.07) is 0.904. The zero-order chi connectivity index (χ0) is 11.6. The first-order valence-corrected chi connectivity index (χ1v) is 4.67. The molecule has 0 fully saturated rings. The highest BCUT2D eigenvalue weighted by atomic mass is 79.9. The molecule has 0 aliphatic heterocycles. The van der Waals surface area contributed by atoms with Gasteiger partial charge in [0.2, 0.25) is 0 Å². The van der Waals surface area contributed by atoms with Crippen molar-refractivity contribution >= 4 is 21.9 Å². The van der Waals surface area contributed by atoms with Crippen molar-refractivity contribution < 1.29 is 23.4 Å². The van der Waals surface area contributed by atoms with Gasteiger partial charge in [-0.2, -0.15) is 0 Å². The van der Waals surface area contributed by atoms with Crippen LogP contribution >= 0.6 is 15.9 Å². The van der Waals surface area contributed by atoms with Gasteiger partial charge in [-0.1, -0.05) is 0 Å². The quantitative estimate of drug-likeness (QED) is 0.843. The van der Waals surface area contributed by atoms with Gasteiger partial charge in [0, 0.05) is 10.0 Å². The van der Waals surface area contributed by atoms with Crippen LogP contribution in [0.1, 0.15) is 15.9 Å². The number of halogens is 3. The smallest absolute Gasteiger partial charge is 0.342 e. The van der Waals surface area contributed by atoms with Crippen LogP contribution in [-0.2, 0) is 11.3 Å². The van der Waals surface area contributed by atoms with Crippen molar-refractivity contribution in [1.82, 2.24) is 0 Å². The highest BCUT2D eigenvalue weighted by molar-refractivity contribution is 9.10. The number of carbonyl (C=O) groups excluding carboxylic acids is 1. The molecule has 82 valence electrons. The van der Waals surface area contributed by atoms with Crippen LogP contribution in [0.15, 0.2) is 10.5 Å². The Kier molecular flexibility index (Phi) is 3.76. The van der Waals surface area contributed by atoms with Gasteiger partial charge >= 0.3 is 5.97 Å². The minimum absolute atomic E-state index is 0.0541. The Balaban J connectivity index is 3.45. The summed E-state index contributed by atoms with van der Waals surface area (Å²) in [7, 11) is 1.08. The first kappa shape index (κ1) is 12.1. The van der Waals surface area contributed by atoms with Crippen LogP contribution in [0.4, 0.5) is 8.78 Å². The largest absolute Gasteiger partial charge is 0.465 e. The predicted octanol–water partition coefficient (Wildman–Crippen LogP) is 2.01. The average Bonchev–Trinajstić information content (AvgIpc) is 2.17. The monoisotopic (exact) mass is 280 g/mol. The van der Waals surface area contributed by atoms with E-state index in [-0.39, 0.29) is 4.47 Å². The zero-order valence-corrected chi connectivity index (χ0v) is 9.27. The summed E-state index contributed by atoms with van der Waals surface area (Å²) < 4.78 is 30.8. The second kappa shape index (κ2) is 4.67. The summed E-state index contributed by atoms with van der Waals surface area (Å²) in [6.07, 6.45) is 0. The number of aliphatic hydroxyl groups excluding tert-OH is 1. The van der Waals surface area contributed by atoms with Crippen molar-refractivity contribution in [1.29, 1.82) is 0 Å². The van der Waals surface area contributed by atoms with Crippen molar-refractivity contribution in [2.24, 2.45) is 0 Å². The van der Waals surface area contributed by atoms with E-state index in [1.807, 2.05) is 0 Å². The molecule has 0 spiro atoms. The number of methoxy groups -OCH3 is 1. The van der Waals surface area contributed by atoms with Gasteiger partial charge < -0.3 is 9.84 Å². The van der Waals surface area contributed by atoms with Gasteiger partial charge in [-0.25, -0.2) is 13.6 Å². The molecule has 0 aliphatic carbocycles. The average molecular weight is 281 g/mol. The number of benzene rings is 1. The molecule has 0 aromatic heterocycles. The van der Waals surface area contributed by atoms with Gasteiger partial charge in [-0.15, -0.1) is 0 Å². The highest BCUT2D eigenvalue weighted by Crippen LogP contribution is 2.26. The Morgan fingerprint density at radius 1 is 1.60 bits per heavy atom. The van der Waals surface area contributed by atoms with Crippen LogP contribution in [0, 0.1) is 11.6 Å². The summed E-state index contributed by atoms with van der Waals surface area (Å²) in [5.74, 6) is -2.97. The van der Waals surface area contributed by atoms with Crippen molar-refractivity contribution in [3.8, 4) is 0 Å². The fourth-order valence-corrected chi connectivity index (χ4v) is 1.60. The molecule has 0 saturated carbocycles. The van der Waals surface area contributed by atoms with Crippen LogP contribution in [-0.4, -0.2) is 18.2 Å². The lowest BCUT2D eigenvalue weighted by Crippen LogP contribution is -2.10. The number of carbonyl (C=O) groups is 1. The summed E-state index contributed by atoms with van der Waals surface area (Å²) in [6.45, 7) is -0.824. The molecule has 0 heterocycles. The first-order valence-electron chi connectivity index (χ1n) is 3.88. The van der Waals surface area contributed by atoms with E-state index in [9.17, 15) is 13.6 Å². The second-order valence-electron chi connectivity index (χ2n) is 2.66. The van der Waals surface area contributed by atoms with Crippen molar-refractivity contribution in [2.75, 3.05) is 7.11 Å². The summed E-state index contributed by atoms with van der Waals surface area (Å²) in [5.41, 5.74) is -0.985. The van der Waals surface area contributed by atoms with Gasteiger partial charge in [0.25, 0.3) is 0 Å². The lowest BCUT2D eigenvalue weighted by Gasteiger charge is -2.08. The minimum atomic E-state index is -1.11. The van der Waals surface area contributed by atoms with Gasteiger partial charge in [-0.3, -0.25) is 0 Å². The molecule has 0 aliphatic rings. The van der Waals surface area contributed by atoms with E-state index in [1.165, 1.54) is 0 Å². The molecule has 0 amide bonds. The molecule has 1 aromatic rings. The SMILES string of the molecule is COC(=O)c1c(Br)cc(F)c(CO)c1F. The Morgan fingerprint density at radius 3 is 2.67 bits per heavy atom. The predicted molar refractivity (Wildman–Crippen MR) is 51.3 cm³/mol. The minimum Gasteiger partial charge on any atom is -0.465 e. The van der Waals surface area contributed by atoms with E-state index in [0.717, 1.165) is 13.2 Å². The summed E-state index contributed by atoms with van der Waals surface area (Å²) >= 11 is 2.84. The third-order valence-corrected chi connectivity index (χ3v) is 2.44. The highest BCUT2D eigenvalue weighted by Gasteiger charge is 2.22. The maximum Gasteiger partial charge on any atom is 0.342 e. The number of esters is 1. The van der Waals surface area contributed by atoms with Gasteiger partial charge in [0.05, 0.1) is 13.7 Å². The molecule has 0 bridgehead atoms. The molecule has 0 unspecified atom stereocenters. The normalized spacial score (nSPS) is 10.2. The second-order valence-corrected chi connectivity index (χ2v) is 3.51. The maximum absolute atomic E-state index is 13.5. The Bertz CT molecular complexity index is 407. The van der Waals surface area contributed by atoms with Crippen molar-refractivity contribution in [2.45, 2.75) is 6.61 Å². The number of aliphatic hydroxyl groups is 1. The number of ether oxygens (including phenoxy) is 1. The standard InChI is InChI=1S/C9H7BrF2O3/c1-15-9(14)7-5(10)2-6(11)4(3-13)8(7)12/h2,13H,3H2,1H3. The van der Waals surface area contributed by atoms with Gasteiger partial charge in [0.1, 0.15) is 17.2 Å². The van der Waals surface area contributed by atoms with Gasteiger partial charge in [0.15, 0.2) is 0 Å². The molecule has 1 aromatic carbocycles. The van der Waals surface area contributed by atoms with Crippen LogP contribution < -0.4 is 0 Å². The molecular weight excluding hydrogens is 274 g/mol. The maximum atomic E-state index is 13.5. The molecule has 3 nitrogen and oxygen atoms in total. The van der Waals surface area contributed by atoms with E-state index in [0.29, 0.717) is 0 Å². The first-order chi connectivity index (χ1) is 7.02. The van der Waals surface area contributed by atoms with Crippen LogP contribution in [0.3, 0.4) is 0 Å². The van der Waals surface area contributed by atoms with Crippen LogP contribution in [0.5, 0.6) is 0 Å². The summed E-state index contributed by atoms with van der Waals surface area (Å²) in [4.78, 5) is 11.1. The molecule has 0 atom stereocenters. The third kappa shape index (κ3) is 2.15. The third-order valence-electron chi connectivity index (χ3n) is 1.81. The molecular formula is C9H7BrF2O3. The molecule has 1 rings (SSSR count). The zero-order valence-electron chi connectivity index (χ0n) is 7.68. The lowest BCUT2D eigenvalue weighted by molar-refractivity contribution is 0.0593. The Hall–Kier alpha value is -1.01. The van der Waals surface area contributed by atoms with E-state index >= 15 is 0 Å². The van der Waals surface area contributed by atoms with Crippen LogP contribution in [0.2, 0.25) is 0 Å². The number of hydrogen-bond acceptors (Lipinski definition) is 3. The Labute approximate surface area is 92.8 Å². The van der Waals surface area contributed by atoms with Gasteiger partial charge in [-0.05, 0) is 22.0 Å². The molecule has 1 N–H and O–H groups in total. The molecule has 15 heavy (non-hydrogen) atoms. The van der Waals surface area contributed by atoms with Crippen molar-refractivity contribution in [3.63, 3.8) is 0 Å². The molecule has 0 radical (unpaired) electrons. The van der Waals surface area contributed by atoms with E-state index in [1.54, 1.807) is 0 Å². The Morgan fingerprint density at radius 2 is 2.20 bits per heavy atom.